The van der Waals surface area contributed by atoms with Crippen molar-refractivity contribution in [2.24, 2.45) is 5.92 Å². The molecule has 0 aliphatic carbocycles. The average molecular weight is 350 g/mol. The van der Waals surface area contributed by atoms with Crippen LogP contribution in [0.1, 0.15) is 6.42 Å². The van der Waals surface area contributed by atoms with Gasteiger partial charge in [0.25, 0.3) is 0 Å². The van der Waals surface area contributed by atoms with Gasteiger partial charge in [0, 0.05) is 19.7 Å². The Kier molecular flexibility index (Phi) is 4.50. The number of halogens is 1. The van der Waals surface area contributed by atoms with Gasteiger partial charge in [-0.05, 0) is 46.5 Å². The van der Waals surface area contributed by atoms with E-state index in [1.165, 1.54) is 17.5 Å². The second-order valence-corrected chi connectivity index (χ2v) is 7.29. The third kappa shape index (κ3) is 2.94. The molecule has 1 aromatic rings. The van der Waals surface area contributed by atoms with E-state index in [0.29, 0.717) is 29.7 Å². The van der Waals surface area contributed by atoms with Crippen molar-refractivity contribution in [3.63, 3.8) is 0 Å². The van der Waals surface area contributed by atoms with Crippen LogP contribution in [0.5, 0.6) is 5.75 Å². The van der Waals surface area contributed by atoms with E-state index >= 15 is 0 Å². The number of nitrogens with zero attached hydrogens (tertiary/aromatic N) is 1. The number of aliphatic hydroxyl groups is 1. The molecule has 1 atom stereocenters. The lowest BCUT2D eigenvalue weighted by Crippen LogP contribution is -2.29. The number of hydrogen-bond acceptors (Lipinski definition) is 4. The first kappa shape index (κ1) is 14.8. The maximum absolute atomic E-state index is 12.4. The van der Waals surface area contributed by atoms with E-state index in [2.05, 4.69) is 15.9 Å². The molecule has 0 saturated carbocycles. The lowest BCUT2D eigenvalue weighted by atomic mass is 10.1. The highest BCUT2D eigenvalue weighted by Crippen LogP contribution is 2.30. The van der Waals surface area contributed by atoms with Gasteiger partial charge in [-0.1, -0.05) is 0 Å². The number of aliphatic hydroxyl groups excluding tert-OH is 1. The molecule has 0 radical (unpaired) electrons. The summed E-state index contributed by atoms with van der Waals surface area (Å²) in [6.07, 6.45) is 0.701. The molecule has 1 aromatic carbocycles. The highest BCUT2D eigenvalue weighted by Gasteiger charge is 2.32. The molecular weight excluding hydrogens is 334 g/mol. The average Bonchev–Trinajstić information content (AvgIpc) is 2.88. The first-order valence-electron chi connectivity index (χ1n) is 5.93. The van der Waals surface area contributed by atoms with Crippen molar-refractivity contribution < 1.29 is 18.3 Å². The Labute approximate surface area is 121 Å². The zero-order chi connectivity index (χ0) is 14.0. The van der Waals surface area contributed by atoms with Crippen LogP contribution in [-0.4, -0.2) is 44.6 Å². The van der Waals surface area contributed by atoms with Gasteiger partial charge in [0.05, 0.1) is 16.5 Å². The second-order valence-electron chi connectivity index (χ2n) is 4.50. The Hall–Kier alpha value is -0.630. The first-order valence-corrected chi connectivity index (χ1v) is 8.17. The van der Waals surface area contributed by atoms with Crippen molar-refractivity contribution in [3.8, 4) is 5.75 Å². The van der Waals surface area contributed by atoms with Gasteiger partial charge in [-0.2, -0.15) is 4.31 Å². The molecule has 1 aliphatic heterocycles. The predicted molar refractivity (Wildman–Crippen MR) is 74.6 cm³/mol. The van der Waals surface area contributed by atoms with Crippen LogP contribution in [0.3, 0.4) is 0 Å². The first-order chi connectivity index (χ1) is 8.98. The van der Waals surface area contributed by atoms with E-state index in [1.54, 1.807) is 12.1 Å². The smallest absolute Gasteiger partial charge is 0.243 e. The number of rotatable bonds is 4. The molecule has 1 aliphatic rings. The standard InChI is InChI=1S/C12H16BrNO4S/c1-18-12-3-2-10(6-11(12)13)19(16,17)14-5-4-9(7-14)8-15/h2-3,6,9,15H,4-5,7-8H2,1H3. The van der Waals surface area contributed by atoms with Crippen molar-refractivity contribution in [1.82, 2.24) is 4.31 Å². The van der Waals surface area contributed by atoms with Crippen molar-refractivity contribution >= 4 is 26.0 Å². The summed E-state index contributed by atoms with van der Waals surface area (Å²) in [5, 5.41) is 9.09. The Balaban J connectivity index is 2.27. The predicted octanol–water partition coefficient (Wildman–Crippen LogP) is 1.46. The van der Waals surface area contributed by atoms with Gasteiger partial charge in [0.1, 0.15) is 5.75 Å². The van der Waals surface area contributed by atoms with Crippen molar-refractivity contribution in [2.45, 2.75) is 11.3 Å². The number of methoxy groups -OCH3 is 1. The minimum absolute atomic E-state index is 0.0261. The molecule has 1 fully saturated rings. The van der Waals surface area contributed by atoms with Crippen LogP contribution < -0.4 is 4.74 Å². The summed E-state index contributed by atoms with van der Waals surface area (Å²) in [4.78, 5) is 0.235. The van der Waals surface area contributed by atoms with Gasteiger partial charge in [0.15, 0.2) is 0 Å². The summed E-state index contributed by atoms with van der Waals surface area (Å²) in [5.74, 6) is 0.630. The minimum Gasteiger partial charge on any atom is -0.496 e. The van der Waals surface area contributed by atoms with Gasteiger partial charge in [-0.3, -0.25) is 0 Å². The molecule has 0 aromatic heterocycles. The number of benzene rings is 1. The summed E-state index contributed by atoms with van der Waals surface area (Å²) in [7, 11) is -1.96. The molecular formula is C12H16BrNO4S. The highest BCUT2D eigenvalue weighted by molar-refractivity contribution is 9.10. The molecule has 1 saturated heterocycles. The maximum atomic E-state index is 12.4. The van der Waals surface area contributed by atoms with Gasteiger partial charge >= 0.3 is 0 Å². The molecule has 1 unspecified atom stereocenters. The largest absolute Gasteiger partial charge is 0.496 e. The fraction of sp³-hybridized carbons (Fsp3) is 0.500. The van der Waals surface area contributed by atoms with Crippen LogP contribution in [0.2, 0.25) is 0 Å². The second kappa shape index (κ2) is 5.78. The molecule has 1 N–H and O–H groups in total. The van der Waals surface area contributed by atoms with E-state index in [4.69, 9.17) is 9.84 Å². The Morgan fingerprint density at radius 3 is 2.79 bits per heavy atom. The topological polar surface area (TPSA) is 66.8 Å². The molecule has 0 spiro atoms. The van der Waals surface area contributed by atoms with E-state index in [1.807, 2.05) is 0 Å². The van der Waals surface area contributed by atoms with Crippen LogP contribution in [-0.2, 0) is 10.0 Å². The number of ether oxygens (including phenoxy) is 1. The monoisotopic (exact) mass is 349 g/mol. The lowest BCUT2D eigenvalue weighted by Gasteiger charge is -2.17. The fourth-order valence-electron chi connectivity index (χ4n) is 2.12. The number of hydrogen-bond donors (Lipinski definition) is 1. The zero-order valence-corrected chi connectivity index (χ0v) is 12.9. The summed E-state index contributed by atoms with van der Waals surface area (Å²) in [6, 6.07) is 4.70. The molecule has 0 bridgehead atoms. The number of sulfonamides is 1. The molecule has 19 heavy (non-hydrogen) atoms. The molecule has 0 amide bonds. The van der Waals surface area contributed by atoms with Crippen molar-refractivity contribution in [2.75, 3.05) is 26.8 Å². The van der Waals surface area contributed by atoms with Gasteiger partial charge in [-0.15, -0.1) is 0 Å². The molecule has 1 heterocycles. The van der Waals surface area contributed by atoms with Gasteiger partial charge in [-0.25, -0.2) is 8.42 Å². The maximum Gasteiger partial charge on any atom is 0.243 e. The highest BCUT2D eigenvalue weighted by atomic mass is 79.9. The Morgan fingerprint density at radius 1 is 1.53 bits per heavy atom. The van der Waals surface area contributed by atoms with Crippen LogP contribution in [0.4, 0.5) is 0 Å². The molecule has 106 valence electrons. The lowest BCUT2D eigenvalue weighted by molar-refractivity contribution is 0.233. The third-order valence-corrected chi connectivity index (χ3v) is 5.75. The summed E-state index contributed by atoms with van der Waals surface area (Å²) in [5.41, 5.74) is 0. The summed E-state index contributed by atoms with van der Waals surface area (Å²) < 4.78 is 32.0. The van der Waals surface area contributed by atoms with Crippen molar-refractivity contribution in [1.29, 1.82) is 0 Å². The Bertz CT molecular complexity index is 561. The minimum atomic E-state index is -3.49. The summed E-state index contributed by atoms with van der Waals surface area (Å²) in [6.45, 7) is 0.859. The van der Waals surface area contributed by atoms with Gasteiger partial charge in [0.2, 0.25) is 10.0 Å². The molecule has 2 rings (SSSR count). The van der Waals surface area contributed by atoms with Crippen LogP contribution in [0.15, 0.2) is 27.6 Å². The van der Waals surface area contributed by atoms with Crippen LogP contribution in [0, 0.1) is 5.92 Å². The third-order valence-electron chi connectivity index (χ3n) is 3.27. The van der Waals surface area contributed by atoms with Crippen LogP contribution in [0.25, 0.3) is 0 Å². The van der Waals surface area contributed by atoms with E-state index in [9.17, 15) is 8.42 Å². The van der Waals surface area contributed by atoms with Gasteiger partial charge < -0.3 is 9.84 Å². The van der Waals surface area contributed by atoms with E-state index in [0.717, 1.165) is 0 Å². The quantitative estimate of drug-likeness (QED) is 0.893. The van der Waals surface area contributed by atoms with Crippen LogP contribution >= 0.6 is 15.9 Å². The summed E-state index contributed by atoms with van der Waals surface area (Å²) >= 11 is 3.29. The van der Waals surface area contributed by atoms with E-state index < -0.39 is 10.0 Å². The fourth-order valence-corrected chi connectivity index (χ4v) is 4.37. The SMILES string of the molecule is COc1ccc(S(=O)(=O)N2CCC(CO)C2)cc1Br. The zero-order valence-electron chi connectivity index (χ0n) is 10.5. The Morgan fingerprint density at radius 2 is 2.26 bits per heavy atom. The molecule has 7 heteroatoms. The molecule has 5 nitrogen and oxygen atoms in total. The van der Waals surface area contributed by atoms with Crippen molar-refractivity contribution in [3.05, 3.63) is 22.7 Å². The normalized spacial score (nSPS) is 20.7. The van der Waals surface area contributed by atoms with E-state index in [-0.39, 0.29) is 17.4 Å².